The molecule has 0 amide bonds. The first-order chi connectivity index (χ1) is 10.4. The SMILES string of the molecule is CN=C(NC1CC(C)CC(C)C1)NC1C2CCOC2C1(C)C.I. The fourth-order valence-corrected chi connectivity index (χ4v) is 5.19. The number of nitrogens with one attached hydrogen (secondary N) is 2. The minimum Gasteiger partial charge on any atom is -0.377 e. The molecule has 0 bridgehead atoms. The number of rotatable bonds is 2. The van der Waals surface area contributed by atoms with Crippen molar-refractivity contribution in [1.29, 1.82) is 0 Å². The maximum atomic E-state index is 5.89. The maximum Gasteiger partial charge on any atom is 0.191 e. The number of guanidine groups is 1. The smallest absolute Gasteiger partial charge is 0.191 e. The molecule has 4 nitrogen and oxygen atoms in total. The van der Waals surface area contributed by atoms with Gasteiger partial charge in [0.05, 0.1) is 6.10 Å². The Labute approximate surface area is 158 Å². The van der Waals surface area contributed by atoms with E-state index in [0.29, 0.717) is 24.1 Å². The molecule has 5 atom stereocenters. The summed E-state index contributed by atoms with van der Waals surface area (Å²) < 4.78 is 5.89. The molecule has 1 saturated heterocycles. The van der Waals surface area contributed by atoms with Crippen LogP contribution in [0.4, 0.5) is 0 Å². The normalized spacial score (nSPS) is 42.2. The molecule has 0 radical (unpaired) electrons. The fraction of sp³-hybridized carbons (Fsp3) is 0.944. The molecule has 0 aromatic carbocycles. The predicted molar refractivity (Wildman–Crippen MR) is 106 cm³/mol. The van der Waals surface area contributed by atoms with Gasteiger partial charge in [0.25, 0.3) is 0 Å². The average Bonchev–Trinajstić information content (AvgIpc) is 2.89. The Kier molecular flexibility index (Phi) is 6.26. The van der Waals surface area contributed by atoms with E-state index in [9.17, 15) is 0 Å². The van der Waals surface area contributed by atoms with Crippen LogP contribution in [-0.2, 0) is 4.74 Å². The molecule has 23 heavy (non-hydrogen) atoms. The third-order valence-electron chi connectivity index (χ3n) is 6.14. The van der Waals surface area contributed by atoms with Crippen LogP contribution in [0.3, 0.4) is 0 Å². The second kappa shape index (κ2) is 7.46. The Morgan fingerprint density at radius 1 is 1.09 bits per heavy atom. The van der Waals surface area contributed by atoms with Gasteiger partial charge in [-0.2, -0.15) is 0 Å². The van der Waals surface area contributed by atoms with Gasteiger partial charge >= 0.3 is 0 Å². The lowest BCUT2D eigenvalue weighted by Gasteiger charge is -2.55. The second-order valence-corrected chi connectivity index (χ2v) is 8.52. The summed E-state index contributed by atoms with van der Waals surface area (Å²) in [5.41, 5.74) is 0.200. The predicted octanol–water partition coefficient (Wildman–Crippen LogP) is 3.41. The topological polar surface area (TPSA) is 45.7 Å². The van der Waals surface area contributed by atoms with Crippen LogP contribution in [-0.4, -0.2) is 37.8 Å². The molecule has 1 aliphatic heterocycles. The Bertz CT molecular complexity index is 430. The van der Waals surface area contributed by atoms with Crippen LogP contribution in [0.5, 0.6) is 0 Å². The molecule has 3 rings (SSSR count). The minimum absolute atomic E-state index is 0. The third kappa shape index (κ3) is 3.80. The van der Waals surface area contributed by atoms with Crippen LogP contribution in [0.15, 0.2) is 4.99 Å². The van der Waals surface area contributed by atoms with Crippen molar-refractivity contribution in [1.82, 2.24) is 10.6 Å². The average molecular weight is 435 g/mol. The second-order valence-electron chi connectivity index (χ2n) is 8.52. The summed E-state index contributed by atoms with van der Waals surface area (Å²) in [6.07, 6.45) is 5.49. The van der Waals surface area contributed by atoms with Gasteiger partial charge in [-0.15, -0.1) is 24.0 Å². The molecule has 2 N–H and O–H groups in total. The van der Waals surface area contributed by atoms with Crippen molar-refractivity contribution in [2.24, 2.45) is 28.2 Å². The fourth-order valence-electron chi connectivity index (χ4n) is 5.19. The third-order valence-corrected chi connectivity index (χ3v) is 6.14. The highest BCUT2D eigenvalue weighted by Gasteiger charge is 2.59. The molecule has 0 aromatic rings. The van der Waals surface area contributed by atoms with Crippen molar-refractivity contribution in [3.63, 3.8) is 0 Å². The van der Waals surface area contributed by atoms with Gasteiger partial charge < -0.3 is 15.4 Å². The molecule has 3 aliphatic rings. The summed E-state index contributed by atoms with van der Waals surface area (Å²) in [5.74, 6) is 3.26. The Morgan fingerprint density at radius 3 is 2.35 bits per heavy atom. The van der Waals surface area contributed by atoms with Crippen LogP contribution >= 0.6 is 24.0 Å². The van der Waals surface area contributed by atoms with Gasteiger partial charge in [-0.1, -0.05) is 27.7 Å². The Hall–Kier alpha value is -0.0400. The van der Waals surface area contributed by atoms with Gasteiger partial charge in [-0.3, -0.25) is 4.99 Å². The summed E-state index contributed by atoms with van der Waals surface area (Å²) in [6.45, 7) is 10.3. The van der Waals surface area contributed by atoms with Crippen LogP contribution in [0.1, 0.15) is 53.4 Å². The summed E-state index contributed by atoms with van der Waals surface area (Å²) in [5, 5.41) is 7.38. The van der Waals surface area contributed by atoms with Crippen molar-refractivity contribution >= 4 is 29.9 Å². The van der Waals surface area contributed by atoms with Crippen LogP contribution in [0, 0.1) is 23.2 Å². The van der Waals surface area contributed by atoms with E-state index in [4.69, 9.17) is 4.74 Å². The van der Waals surface area contributed by atoms with Crippen molar-refractivity contribution in [3.8, 4) is 0 Å². The van der Waals surface area contributed by atoms with Gasteiger partial charge in [-0.25, -0.2) is 0 Å². The van der Waals surface area contributed by atoms with Crippen molar-refractivity contribution in [2.75, 3.05) is 13.7 Å². The van der Waals surface area contributed by atoms with Gasteiger partial charge in [-0.05, 0) is 37.5 Å². The molecule has 0 spiro atoms. The highest BCUT2D eigenvalue weighted by molar-refractivity contribution is 14.0. The number of halogens is 1. The highest BCUT2D eigenvalue weighted by Crippen LogP contribution is 2.52. The van der Waals surface area contributed by atoms with E-state index >= 15 is 0 Å². The molecule has 1 heterocycles. The lowest BCUT2D eigenvalue weighted by Crippen LogP contribution is -2.68. The Balaban J connectivity index is 0.00000192. The van der Waals surface area contributed by atoms with E-state index in [-0.39, 0.29) is 29.4 Å². The highest BCUT2D eigenvalue weighted by atomic mass is 127. The van der Waals surface area contributed by atoms with Crippen LogP contribution in [0.25, 0.3) is 0 Å². The van der Waals surface area contributed by atoms with Gasteiger partial charge in [0, 0.05) is 37.1 Å². The lowest BCUT2D eigenvalue weighted by molar-refractivity contribution is -0.106. The van der Waals surface area contributed by atoms with Gasteiger partial charge in [0.2, 0.25) is 0 Å². The molecule has 134 valence electrons. The minimum atomic E-state index is 0. The van der Waals surface area contributed by atoms with Crippen molar-refractivity contribution < 1.29 is 4.74 Å². The molecular formula is C18H34IN3O. The summed E-state index contributed by atoms with van der Waals surface area (Å²) in [7, 11) is 1.89. The van der Waals surface area contributed by atoms with Crippen LogP contribution < -0.4 is 10.6 Å². The van der Waals surface area contributed by atoms with Crippen LogP contribution in [0.2, 0.25) is 0 Å². The van der Waals surface area contributed by atoms with Crippen molar-refractivity contribution in [3.05, 3.63) is 0 Å². The zero-order chi connectivity index (χ0) is 15.9. The summed E-state index contributed by atoms with van der Waals surface area (Å²) in [6, 6.07) is 1.04. The molecule has 5 heteroatoms. The van der Waals surface area contributed by atoms with E-state index in [0.717, 1.165) is 24.4 Å². The van der Waals surface area contributed by atoms with Crippen molar-refractivity contribution in [2.45, 2.75) is 71.6 Å². The molecule has 0 aromatic heterocycles. The van der Waals surface area contributed by atoms with E-state index in [2.05, 4.69) is 43.3 Å². The molecule has 3 fully saturated rings. The van der Waals surface area contributed by atoms with E-state index < -0.39 is 0 Å². The number of aliphatic imine (C=N–C) groups is 1. The zero-order valence-corrected chi connectivity index (χ0v) is 17.6. The first kappa shape index (κ1) is 19.3. The van der Waals surface area contributed by atoms with E-state index in [1.54, 1.807) is 0 Å². The molecule has 2 aliphatic carbocycles. The molecule has 2 saturated carbocycles. The lowest BCUT2D eigenvalue weighted by atomic mass is 9.57. The van der Waals surface area contributed by atoms with E-state index in [1.165, 1.54) is 25.7 Å². The summed E-state index contributed by atoms with van der Waals surface area (Å²) >= 11 is 0. The number of hydrogen-bond acceptors (Lipinski definition) is 2. The zero-order valence-electron chi connectivity index (χ0n) is 15.3. The summed E-state index contributed by atoms with van der Waals surface area (Å²) in [4.78, 5) is 4.49. The number of ether oxygens (including phenoxy) is 1. The standard InChI is InChI=1S/C18H33N3O.HI/c1-11-8-12(2)10-13(9-11)20-17(19-5)21-15-14-6-7-22-16(14)18(15,3)4;/h11-16H,6-10H2,1-5H3,(H2,19,20,21);1H. The van der Waals surface area contributed by atoms with Gasteiger partial charge in [0.15, 0.2) is 5.96 Å². The molecule has 5 unspecified atom stereocenters. The Morgan fingerprint density at radius 2 is 1.74 bits per heavy atom. The largest absolute Gasteiger partial charge is 0.377 e. The monoisotopic (exact) mass is 435 g/mol. The van der Waals surface area contributed by atoms with Gasteiger partial charge in [0.1, 0.15) is 0 Å². The quantitative estimate of drug-likeness (QED) is 0.397. The maximum absolute atomic E-state index is 5.89. The number of nitrogens with zero attached hydrogens (tertiary/aromatic N) is 1. The van der Waals surface area contributed by atoms with E-state index in [1.807, 2.05) is 7.05 Å². The molecular weight excluding hydrogens is 401 g/mol. The number of fused-ring (bicyclic) bond motifs is 1. The number of hydrogen-bond donors (Lipinski definition) is 2. The first-order valence-electron chi connectivity index (χ1n) is 9.03. The first-order valence-corrected chi connectivity index (χ1v) is 9.03.